The van der Waals surface area contributed by atoms with Gasteiger partial charge in [0.05, 0.1) is 27.9 Å². The summed E-state index contributed by atoms with van der Waals surface area (Å²) in [5.74, 6) is -0.0150. The molecule has 0 radical (unpaired) electrons. The van der Waals surface area contributed by atoms with Crippen LogP contribution in [0.15, 0.2) is 56.5 Å². The number of aryl methyl sites for hydroxylation is 1. The molecule has 4 aromatic rings. The van der Waals surface area contributed by atoms with E-state index in [1.807, 2.05) is 0 Å². The molecule has 1 aliphatic heterocycles. The summed E-state index contributed by atoms with van der Waals surface area (Å²) in [5, 5.41) is 7.24. The number of benzene rings is 1. The number of rotatable bonds is 5. The van der Waals surface area contributed by atoms with E-state index in [0.717, 1.165) is 12.8 Å². The van der Waals surface area contributed by atoms with Crippen LogP contribution < -0.4 is 5.32 Å². The fraction of sp³-hybridized carbons (Fsp3) is 0.227. The number of carbonyl (C=O) groups excluding carboxylic acids is 1. The molecule has 33 heavy (non-hydrogen) atoms. The largest absolute Gasteiger partial charge is 0.463 e. The second-order valence-electron chi connectivity index (χ2n) is 7.69. The Morgan fingerprint density at radius 1 is 1.18 bits per heavy atom. The van der Waals surface area contributed by atoms with Crippen molar-refractivity contribution in [1.82, 2.24) is 14.4 Å². The standard InChI is InChI=1S/C22H19ClN4O5S/c1-13-20-15(12-17(18-5-4-10-31-18)25-22(20)32-26-13)21(28)24-14-6-7-16(23)19(11-14)33(29,30)27-8-2-3-9-27/h4-7,10-12H,2-3,8-9H2,1H3,(H,24,28). The van der Waals surface area contributed by atoms with E-state index in [4.69, 9.17) is 20.5 Å². The first-order valence-electron chi connectivity index (χ1n) is 10.3. The minimum Gasteiger partial charge on any atom is -0.463 e. The third kappa shape index (κ3) is 3.90. The van der Waals surface area contributed by atoms with Crippen LogP contribution >= 0.6 is 11.6 Å². The zero-order chi connectivity index (χ0) is 23.2. The number of halogens is 1. The molecular weight excluding hydrogens is 468 g/mol. The molecule has 1 saturated heterocycles. The van der Waals surface area contributed by atoms with Crippen LogP contribution in [0.25, 0.3) is 22.6 Å². The summed E-state index contributed by atoms with van der Waals surface area (Å²) in [5.41, 5.74) is 1.66. The Morgan fingerprint density at radius 2 is 1.97 bits per heavy atom. The van der Waals surface area contributed by atoms with Gasteiger partial charge in [-0.05, 0) is 56.2 Å². The van der Waals surface area contributed by atoms with Gasteiger partial charge in [-0.2, -0.15) is 4.31 Å². The minimum absolute atomic E-state index is 0.0406. The number of nitrogens with zero attached hydrogens (tertiary/aromatic N) is 3. The maximum absolute atomic E-state index is 13.3. The van der Waals surface area contributed by atoms with Crippen LogP contribution in [-0.2, 0) is 10.0 Å². The Labute approximate surface area is 194 Å². The first-order chi connectivity index (χ1) is 15.8. The normalized spacial score (nSPS) is 14.7. The van der Waals surface area contributed by atoms with Gasteiger partial charge in [-0.1, -0.05) is 16.8 Å². The third-order valence-electron chi connectivity index (χ3n) is 5.51. The minimum atomic E-state index is -3.76. The molecule has 1 aliphatic rings. The fourth-order valence-corrected chi connectivity index (χ4v) is 5.89. The average molecular weight is 487 g/mol. The molecule has 1 aromatic carbocycles. The number of sulfonamides is 1. The van der Waals surface area contributed by atoms with Crippen molar-refractivity contribution in [2.24, 2.45) is 0 Å². The van der Waals surface area contributed by atoms with Gasteiger partial charge in [0.15, 0.2) is 5.76 Å². The van der Waals surface area contributed by atoms with Crippen molar-refractivity contribution in [3.05, 3.63) is 58.9 Å². The number of amides is 1. The van der Waals surface area contributed by atoms with E-state index < -0.39 is 15.9 Å². The van der Waals surface area contributed by atoms with Gasteiger partial charge in [0.25, 0.3) is 11.6 Å². The van der Waals surface area contributed by atoms with Crippen LogP contribution in [0.1, 0.15) is 28.9 Å². The van der Waals surface area contributed by atoms with Gasteiger partial charge in [0.1, 0.15) is 10.6 Å². The summed E-state index contributed by atoms with van der Waals surface area (Å²) in [6.07, 6.45) is 3.12. The maximum atomic E-state index is 13.3. The molecule has 0 bridgehead atoms. The van der Waals surface area contributed by atoms with Gasteiger partial charge in [0, 0.05) is 18.8 Å². The van der Waals surface area contributed by atoms with Crippen molar-refractivity contribution in [1.29, 1.82) is 0 Å². The molecule has 1 fully saturated rings. The number of aromatic nitrogens is 2. The molecule has 0 aliphatic carbocycles. The smallest absolute Gasteiger partial charge is 0.259 e. The highest BCUT2D eigenvalue weighted by Gasteiger charge is 2.29. The Hall–Kier alpha value is -3.21. The van der Waals surface area contributed by atoms with Gasteiger partial charge in [-0.25, -0.2) is 13.4 Å². The predicted molar refractivity (Wildman–Crippen MR) is 122 cm³/mol. The zero-order valence-corrected chi connectivity index (χ0v) is 19.1. The van der Waals surface area contributed by atoms with Crippen molar-refractivity contribution in [2.75, 3.05) is 18.4 Å². The van der Waals surface area contributed by atoms with E-state index >= 15 is 0 Å². The van der Waals surface area contributed by atoms with E-state index in [-0.39, 0.29) is 21.2 Å². The molecule has 11 heteroatoms. The van der Waals surface area contributed by atoms with Gasteiger partial charge in [0.2, 0.25) is 10.0 Å². The summed E-state index contributed by atoms with van der Waals surface area (Å²) >= 11 is 6.22. The molecule has 170 valence electrons. The number of furan rings is 1. The number of hydrogen-bond acceptors (Lipinski definition) is 7. The Balaban J connectivity index is 1.52. The Morgan fingerprint density at radius 3 is 2.70 bits per heavy atom. The van der Waals surface area contributed by atoms with Crippen LogP contribution in [0.2, 0.25) is 5.02 Å². The number of nitrogens with one attached hydrogen (secondary N) is 1. The Kier molecular flexibility index (Phi) is 5.43. The first kappa shape index (κ1) is 21.6. The van der Waals surface area contributed by atoms with E-state index in [9.17, 15) is 13.2 Å². The molecule has 1 N–H and O–H groups in total. The monoisotopic (exact) mass is 486 g/mol. The highest BCUT2D eigenvalue weighted by Crippen LogP contribution is 2.31. The zero-order valence-electron chi connectivity index (χ0n) is 17.5. The van der Waals surface area contributed by atoms with E-state index in [1.165, 1.54) is 22.7 Å². The quantitative estimate of drug-likeness (QED) is 0.441. The second kappa shape index (κ2) is 8.29. The summed E-state index contributed by atoms with van der Waals surface area (Å²) in [6.45, 7) is 2.61. The molecule has 5 rings (SSSR count). The lowest BCUT2D eigenvalue weighted by Crippen LogP contribution is -2.28. The van der Waals surface area contributed by atoms with Crippen molar-refractivity contribution in [2.45, 2.75) is 24.7 Å². The van der Waals surface area contributed by atoms with Crippen molar-refractivity contribution < 1.29 is 22.2 Å². The molecule has 1 amide bonds. The van der Waals surface area contributed by atoms with E-state index in [0.29, 0.717) is 41.3 Å². The second-order valence-corrected chi connectivity index (χ2v) is 10.0. The van der Waals surface area contributed by atoms with Crippen LogP contribution in [0.3, 0.4) is 0 Å². The number of hydrogen-bond donors (Lipinski definition) is 1. The molecule has 4 heterocycles. The molecule has 0 saturated carbocycles. The summed E-state index contributed by atoms with van der Waals surface area (Å²) in [6, 6.07) is 9.39. The molecule has 0 spiro atoms. The van der Waals surface area contributed by atoms with Crippen molar-refractivity contribution in [3.8, 4) is 11.5 Å². The highest BCUT2D eigenvalue weighted by atomic mass is 35.5. The lowest BCUT2D eigenvalue weighted by Gasteiger charge is -2.17. The number of anilines is 1. The van der Waals surface area contributed by atoms with Crippen LogP contribution in [0.5, 0.6) is 0 Å². The lowest BCUT2D eigenvalue weighted by atomic mass is 10.1. The van der Waals surface area contributed by atoms with Crippen molar-refractivity contribution >= 4 is 44.3 Å². The predicted octanol–water partition coefficient (Wildman–Crippen LogP) is 4.48. The average Bonchev–Trinajstić information content (AvgIpc) is 3.57. The summed E-state index contributed by atoms with van der Waals surface area (Å²) < 4.78 is 38.1. The van der Waals surface area contributed by atoms with Gasteiger partial charge < -0.3 is 14.3 Å². The number of carbonyl (C=O) groups is 1. The van der Waals surface area contributed by atoms with Gasteiger partial charge in [-0.15, -0.1) is 0 Å². The maximum Gasteiger partial charge on any atom is 0.259 e. The number of fused-ring (bicyclic) bond motifs is 1. The van der Waals surface area contributed by atoms with Crippen LogP contribution in [0.4, 0.5) is 5.69 Å². The fourth-order valence-electron chi connectivity index (χ4n) is 3.87. The molecule has 0 unspecified atom stereocenters. The molecule has 9 nitrogen and oxygen atoms in total. The molecular formula is C22H19ClN4O5S. The first-order valence-corrected chi connectivity index (χ1v) is 12.1. The summed E-state index contributed by atoms with van der Waals surface area (Å²) in [4.78, 5) is 17.6. The highest BCUT2D eigenvalue weighted by molar-refractivity contribution is 7.89. The van der Waals surface area contributed by atoms with E-state index in [1.54, 1.807) is 31.2 Å². The van der Waals surface area contributed by atoms with E-state index in [2.05, 4.69) is 15.5 Å². The molecule has 0 atom stereocenters. The summed E-state index contributed by atoms with van der Waals surface area (Å²) in [7, 11) is -3.76. The topological polar surface area (TPSA) is 119 Å². The van der Waals surface area contributed by atoms with Gasteiger partial charge in [-0.3, -0.25) is 4.79 Å². The van der Waals surface area contributed by atoms with Crippen molar-refractivity contribution in [3.63, 3.8) is 0 Å². The molecule has 3 aromatic heterocycles. The third-order valence-corrected chi connectivity index (χ3v) is 7.89. The number of pyridine rings is 1. The Bertz CT molecular complexity index is 1460. The van der Waals surface area contributed by atoms with Crippen LogP contribution in [0, 0.1) is 6.92 Å². The van der Waals surface area contributed by atoms with Gasteiger partial charge >= 0.3 is 0 Å². The lowest BCUT2D eigenvalue weighted by molar-refractivity contribution is 0.102. The SMILES string of the molecule is Cc1noc2nc(-c3ccco3)cc(C(=O)Nc3ccc(Cl)c(S(=O)(=O)N4CCCC4)c3)c12. The van der Waals surface area contributed by atoms with Crippen LogP contribution in [-0.4, -0.2) is 41.9 Å².